The summed E-state index contributed by atoms with van der Waals surface area (Å²) < 4.78 is 0. The summed E-state index contributed by atoms with van der Waals surface area (Å²) in [7, 11) is 1.74. The monoisotopic (exact) mass is 249 g/mol. The van der Waals surface area contributed by atoms with Gasteiger partial charge in [0, 0.05) is 19.2 Å². The number of halogens is 1. The molecule has 0 fully saturated rings. The summed E-state index contributed by atoms with van der Waals surface area (Å²) in [6.07, 6.45) is 1.87. The van der Waals surface area contributed by atoms with Crippen LogP contribution in [0.15, 0.2) is 42.1 Å². The van der Waals surface area contributed by atoms with Crippen molar-refractivity contribution in [3.8, 4) is 0 Å². The van der Waals surface area contributed by atoms with Crippen LogP contribution in [0.4, 0.5) is 0 Å². The largest absolute Gasteiger partial charge is 0.321 e. The third-order valence-electron chi connectivity index (χ3n) is 3.27. The van der Waals surface area contributed by atoms with E-state index in [9.17, 15) is 4.79 Å². The van der Waals surface area contributed by atoms with E-state index in [0.29, 0.717) is 0 Å². The van der Waals surface area contributed by atoms with Gasteiger partial charge in [-0.3, -0.25) is 4.79 Å². The van der Waals surface area contributed by atoms with Crippen molar-refractivity contribution < 1.29 is 4.79 Å². The van der Waals surface area contributed by atoms with E-state index in [1.54, 1.807) is 18.9 Å². The van der Waals surface area contributed by atoms with Gasteiger partial charge < -0.3 is 4.90 Å². The molecule has 2 atom stereocenters. The van der Waals surface area contributed by atoms with Crippen molar-refractivity contribution in [2.75, 3.05) is 7.05 Å². The van der Waals surface area contributed by atoms with Gasteiger partial charge in [0.2, 0.25) is 5.91 Å². The van der Waals surface area contributed by atoms with E-state index in [4.69, 9.17) is 11.6 Å². The predicted octanol–water partition coefficient (Wildman–Crippen LogP) is 3.14. The third-order valence-corrected chi connectivity index (χ3v) is 3.65. The summed E-state index contributed by atoms with van der Waals surface area (Å²) in [5.41, 5.74) is 2.19. The Hall–Kier alpha value is -1.28. The number of alkyl halides is 1. The Bertz CT molecular complexity index is 464. The standard InChI is InChI=1S/C14H16ClNO/c1-10-9-16(3)13(17)14(2,15)12(10)11-7-5-4-6-8-11/h4-9,12H,1-3H3/t12-,14+/m0/s1. The Morgan fingerprint density at radius 3 is 2.47 bits per heavy atom. The highest BCUT2D eigenvalue weighted by Crippen LogP contribution is 2.43. The van der Waals surface area contributed by atoms with Gasteiger partial charge in [-0.1, -0.05) is 30.3 Å². The van der Waals surface area contributed by atoms with Crippen molar-refractivity contribution in [3.05, 3.63) is 47.7 Å². The smallest absolute Gasteiger partial charge is 0.248 e. The van der Waals surface area contributed by atoms with Gasteiger partial charge in [0.25, 0.3) is 0 Å². The zero-order chi connectivity index (χ0) is 12.6. The SMILES string of the molecule is CC1=CN(C)C(=O)[C@](C)(Cl)[C@@H]1c1ccccc1. The number of nitrogens with zero attached hydrogens (tertiary/aromatic N) is 1. The molecule has 1 aromatic rings. The van der Waals surface area contributed by atoms with E-state index in [1.165, 1.54) is 0 Å². The second kappa shape index (κ2) is 4.19. The van der Waals surface area contributed by atoms with Gasteiger partial charge in [-0.25, -0.2) is 0 Å². The minimum atomic E-state index is -0.908. The Labute approximate surface area is 107 Å². The van der Waals surface area contributed by atoms with Crippen molar-refractivity contribution >= 4 is 17.5 Å². The third kappa shape index (κ3) is 1.98. The predicted molar refractivity (Wildman–Crippen MR) is 70.0 cm³/mol. The van der Waals surface area contributed by atoms with Crippen LogP contribution in [0.2, 0.25) is 0 Å². The van der Waals surface area contributed by atoms with Gasteiger partial charge in [-0.05, 0) is 25.0 Å². The number of rotatable bonds is 1. The van der Waals surface area contributed by atoms with E-state index in [-0.39, 0.29) is 11.8 Å². The molecule has 2 rings (SSSR count). The lowest BCUT2D eigenvalue weighted by Gasteiger charge is -2.38. The lowest BCUT2D eigenvalue weighted by molar-refractivity contribution is -0.131. The van der Waals surface area contributed by atoms with E-state index < -0.39 is 4.87 Å². The molecule has 2 nitrogen and oxygen atoms in total. The van der Waals surface area contributed by atoms with Crippen LogP contribution in [0, 0.1) is 0 Å². The average Bonchev–Trinajstić information content (AvgIpc) is 2.27. The molecule has 0 N–H and O–H groups in total. The molecule has 0 unspecified atom stereocenters. The molecule has 3 heteroatoms. The normalized spacial score (nSPS) is 29.2. The first kappa shape index (κ1) is 12.2. The summed E-state index contributed by atoms with van der Waals surface area (Å²) in [6.45, 7) is 3.81. The van der Waals surface area contributed by atoms with Gasteiger partial charge in [-0.2, -0.15) is 0 Å². The van der Waals surface area contributed by atoms with Crippen LogP contribution in [0.3, 0.4) is 0 Å². The molecule has 0 saturated heterocycles. The Kier molecular flexibility index (Phi) is 3.00. The van der Waals surface area contributed by atoms with E-state index in [0.717, 1.165) is 11.1 Å². The lowest BCUT2D eigenvalue weighted by Crippen LogP contribution is -2.47. The van der Waals surface area contributed by atoms with Gasteiger partial charge in [0.05, 0.1) is 0 Å². The van der Waals surface area contributed by atoms with Crippen molar-refractivity contribution in [3.63, 3.8) is 0 Å². The fraction of sp³-hybridized carbons (Fsp3) is 0.357. The maximum Gasteiger partial charge on any atom is 0.248 e. The van der Waals surface area contributed by atoms with Crippen LogP contribution in [-0.2, 0) is 4.79 Å². The zero-order valence-electron chi connectivity index (χ0n) is 10.3. The number of hydrogen-bond donors (Lipinski definition) is 0. The molecule has 0 radical (unpaired) electrons. The first-order chi connectivity index (χ1) is 7.94. The van der Waals surface area contributed by atoms with Crippen LogP contribution in [0.25, 0.3) is 0 Å². The number of hydrogen-bond acceptors (Lipinski definition) is 1. The van der Waals surface area contributed by atoms with Crippen molar-refractivity contribution in [1.29, 1.82) is 0 Å². The fourth-order valence-corrected chi connectivity index (χ4v) is 2.99. The average molecular weight is 250 g/mol. The minimum absolute atomic E-state index is 0.0568. The van der Waals surface area contributed by atoms with E-state index in [1.807, 2.05) is 43.5 Å². The van der Waals surface area contributed by atoms with Crippen molar-refractivity contribution in [1.82, 2.24) is 4.90 Å². The first-order valence-electron chi connectivity index (χ1n) is 5.64. The van der Waals surface area contributed by atoms with Crippen LogP contribution < -0.4 is 0 Å². The fourth-order valence-electron chi connectivity index (χ4n) is 2.56. The molecule has 1 amide bonds. The highest BCUT2D eigenvalue weighted by atomic mass is 35.5. The van der Waals surface area contributed by atoms with Crippen molar-refractivity contribution in [2.24, 2.45) is 0 Å². The summed E-state index contributed by atoms with van der Waals surface area (Å²) >= 11 is 6.48. The molecule has 1 heterocycles. The number of allylic oxidation sites excluding steroid dienone is 1. The molecule has 1 aromatic carbocycles. The van der Waals surface area contributed by atoms with Gasteiger partial charge in [0.15, 0.2) is 0 Å². The summed E-state index contributed by atoms with van der Waals surface area (Å²) in [6, 6.07) is 9.93. The highest BCUT2D eigenvalue weighted by molar-refractivity contribution is 6.35. The van der Waals surface area contributed by atoms with Crippen LogP contribution >= 0.6 is 11.6 Å². The number of carbonyl (C=O) groups excluding carboxylic acids is 1. The summed E-state index contributed by atoms with van der Waals surface area (Å²) in [4.78, 5) is 12.8. The van der Waals surface area contributed by atoms with Gasteiger partial charge in [-0.15, -0.1) is 11.6 Å². The second-order valence-corrected chi connectivity index (χ2v) is 5.49. The summed E-state index contributed by atoms with van der Waals surface area (Å²) in [5.74, 6) is -0.118. The van der Waals surface area contributed by atoms with Crippen LogP contribution in [-0.4, -0.2) is 22.7 Å². The van der Waals surface area contributed by atoms with Gasteiger partial charge >= 0.3 is 0 Å². The summed E-state index contributed by atoms with van der Waals surface area (Å²) in [5, 5.41) is 0. The molecular weight excluding hydrogens is 234 g/mol. The molecule has 1 aliphatic rings. The first-order valence-corrected chi connectivity index (χ1v) is 6.02. The van der Waals surface area contributed by atoms with E-state index in [2.05, 4.69) is 0 Å². The minimum Gasteiger partial charge on any atom is -0.321 e. The molecular formula is C14H16ClNO. The topological polar surface area (TPSA) is 20.3 Å². The number of amides is 1. The maximum atomic E-state index is 12.1. The molecule has 17 heavy (non-hydrogen) atoms. The zero-order valence-corrected chi connectivity index (χ0v) is 11.0. The van der Waals surface area contributed by atoms with Crippen LogP contribution in [0.5, 0.6) is 0 Å². The molecule has 0 spiro atoms. The number of benzene rings is 1. The van der Waals surface area contributed by atoms with Crippen molar-refractivity contribution in [2.45, 2.75) is 24.6 Å². The Morgan fingerprint density at radius 2 is 1.88 bits per heavy atom. The second-order valence-electron chi connectivity index (χ2n) is 4.71. The van der Waals surface area contributed by atoms with Crippen LogP contribution in [0.1, 0.15) is 25.3 Å². The number of carbonyl (C=O) groups is 1. The van der Waals surface area contributed by atoms with E-state index >= 15 is 0 Å². The highest BCUT2D eigenvalue weighted by Gasteiger charge is 2.45. The molecule has 0 bridgehead atoms. The quantitative estimate of drug-likeness (QED) is 0.701. The molecule has 0 aliphatic carbocycles. The Morgan fingerprint density at radius 1 is 1.29 bits per heavy atom. The molecule has 0 aromatic heterocycles. The molecule has 90 valence electrons. The maximum absolute atomic E-state index is 12.1. The molecule has 1 aliphatic heterocycles. The van der Waals surface area contributed by atoms with Gasteiger partial charge in [0.1, 0.15) is 4.87 Å². The lowest BCUT2D eigenvalue weighted by atomic mass is 9.79. The Balaban J connectivity index is 2.52. The molecule has 0 saturated carbocycles.